The number of rotatable bonds is 8. The molecular formula is C18H17F4N3O7. The van der Waals surface area contributed by atoms with Crippen LogP contribution in [0, 0.1) is 22.9 Å². The summed E-state index contributed by atoms with van der Waals surface area (Å²) in [6.45, 7) is 1.81. The van der Waals surface area contributed by atoms with Gasteiger partial charge in [0.25, 0.3) is 11.2 Å². The molecule has 0 spiro atoms. The fraction of sp³-hybridized carbons (Fsp3) is 0.389. The Balaban J connectivity index is 2.57. The number of esters is 1. The van der Waals surface area contributed by atoms with E-state index in [1.807, 2.05) is 6.92 Å². The van der Waals surface area contributed by atoms with Gasteiger partial charge in [-0.25, -0.2) is 18.5 Å². The second-order valence-corrected chi connectivity index (χ2v) is 6.47. The Labute approximate surface area is 176 Å². The van der Waals surface area contributed by atoms with Crippen molar-refractivity contribution in [2.24, 2.45) is 0 Å². The fourth-order valence-corrected chi connectivity index (χ4v) is 2.58. The molecule has 0 unspecified atom stereocenters. The number of aromatic amines is 1. The van der Waals surface area contributed by atoms with Crippen LogP contribution in [0.1, 0.15) is 31.0 Å². The first-order chi connectivity index (χ1) is 14.9. The smallest absolute Gasteiger partial charge is 0.431 e. The van der Waals surface area contributed by atoms with Gasteiger partial charge in [0.1, 0.15) is 11.4 Å². The number of H-pyrrole nitrogens is 1. The van der Waals surface area contributed by atoms with Crippen LogP contribution in [0.15, 0.2) is 21.7 Å². The van der Waals surface area contributed by atoms with Crippen molar-refractivity contribution in [1.29, 1.82) is 0 Å². The third-order valence-electron chi connectivity index (χ3n) is 4.18. The van der Waals surface area contributed by atoms with Crippen LogP contribution in [0.2, 0.25) is 0 Å². The molecule has 0 atom stereocenters. The van der Waals surface area contributed by atoms with Crippen LogP contribution in [0.3, 0.4) is 0 Å². The van der Waals surface area contributed by atoms with E-state index in [0.717, 1.165) is 13.3 Å². The third kappa shape index (κ3) is 5.31. The summed E-state index contributed by atoms with van der Waals surface area (Å²) in [5, 5.41) is 11.2. The van der Waals surface area contributed by atoms with Crippen molar-refractivity contribution >= 4 is 11.7 Å². The van der Waals surface area contributed by atoms with Gasteiger partial charge in [0, 0.05) is 11.6 Å². The molecule has 0 saturated carbocycles. The number of hydrogen-bond acceptors (Lipinski definition) is 7. The van der Waals surface area contributed by atoms with Crippen molar-refractivity contribution in [3.05, 3.63) is 60.2 Å². The maximum absolute atomic E-state index is 15.0. The van der Waals surface area contributed by atoms with Gasteiger partial charge < -0.3 is 14.5 Å². The number of aromatic nitrogens is 2. The number of alkyl halides is 3. The molecule has 14 heteroatoms. The number of carbonyl (C=O) groups excluding carboxylic acids is 1. The molecule has 0 amide bonds. The van der Waals surface area contributed by atoms with Crippen LogP contribution < -0.4 is 16.0 Å². The zero-order chi connectivity index (χ0) is 24.2. The SMILES string of the molecule is CCCCOC(=O)COc1cc([N+](=O)[O-])cc(-n2c(=O)[nH]c(C(F)(F)F)c(C)c2=O)c1F. The maximum Gasteiger partial charge on any atom is 0.431 e. The highest BCUT2D eigenvalue weighted by Crippen LogP contribution is 2.30. The predicted octanol–water partition coefficient (Wildman–Crippen LogP) is 2.62. The molecular weight excluding hydrogens is 446 g/mol. The number of nitro groups is 1. The number of carbonyl (C=O) groups is 1. The molecule has 0 fully saturated rings. The van der Waals surface area contributed by atoms with Gasteiger partial charge in [0.2, 0.25) is 0 Å². The molecule has 0 saturated heterocycles. The lowest BCUT2D eigenvalue weighted by atomic mass is 10.2. The summed E-state index contributed by atoms with van der Waals surface area (Å²) in [6, 6.07) is 1.07. The molecule has 0 aliphatic rings. The summed E-state index contributed by atoms with van der Waals surface area (Å²) in [4.78, 5) is 47.8. The maximum atomic E-state index is 15.0. The highest BCUT2D eigenvalue weighted by atomic mass is 19.4. The summed E-state index contributed by atoms with van der Waals surface area (Å²) in [5.41, 5.74) is -7.72. The van der Waals surface area contributed by atoms with Gasteiger partial charge in [-0.1, -0.05) is 13.3 Å². The van der Waals surface area contributed by atoms with Crippen LogP contribution in [0.4, 0.5) is 23.2 Å². The Morgan fingerprint density at radius 1 is 1.28 bits per heavy atom. The van der Waals surface area contributed by atoms with Gasteiger partial charge >= 0.3 is 17.8 Å². The van der Waals surface area contributed by atoms with E-state index in [9.17, 15) is 42.1 Å². The van der Waals surface area contributed by atoms with Crippen LogP contribution in [-0.2, 0) is 15.7 Å². The minimum atomic E-state index is -5.07. The van der Waals surface area contributed by atoms with E-state index in [1.54, 1.807) is 0 Å². The lowest BCUT2D eigenvalue weighted by molar-refractivity contribution is -0.385. The van der Waals surface area contributed by atoms with Gasteiger partial charge in [-0.05, 0) is 13.3 Å². The summed E-state index contributed by atoms with van der Waals surface area (Å²) in [5.74, 6) is -3.28. The highest BCUT2D eigenvalue weighted by molar-refractivity contribution is 5.71. The lowest BCUT2D eigenvalue weighted by Crippen LogP contribution is -2.39. The standard InChI is InChI=1S/C18H17F4N3O7/c1-3-4-5-31-13(26)8-32-12-7-10(25(29)30)6-11(14(12)19)24-16(27)9(2)15(18(20,21)22)23-17(24)28/h6-7H,3-5,8H2,1-2H3,(H,23,28). The molecule has 2 rings (SSSR count). The minimum absolute atomic E-state index is 0.0284. The molecule has 0 bridgehead atoms. The second-order valence-electron chi connectivity index (χ2n) is 6.47. The van der Waals surface area contributed by atoms with Gasteiger partial charge in [-0.3, -0.25) is 14.9 Å². The van der Waals surface area contributed by atoms with Crippen LogP contribution in [0.25, 0.3) is 5.69 Å². The number of hydrogen-bond donors (Lipinski definition) is 1. The molecule has 0 aliphatic heterocycles. The van der Waals surface area contributed by atoms with E-state index < -0.39 is 69.1 Å². The van der Waals surface area contributed by atoms with Gasteiger partial charge in [-0.15, -0.1) is 0 Å². The van der Waals surface area contributed by atoms with E-state index in [0.29, 0.717) is 18.6 Å². The van der Waals surface area contributed by atoms with Crippen molar-refractivity contribution < 1.29 is 36.8 Å². The Bertz CT molecular complexity index is 1150. The van der Waals surface area contributed by atoms with E-state index >= 15 is 0 Å². The second kappa shape index (κ2) is 9.62. The number of non-ortho nitro benzene ring substituents is 1. The van der Waals surface area contributed by atoms with Crippen LogP contribution in [-0.4, -0.2) is 33.7 Å². The van der Waals surface area contributed by atoms with Crippen molar-refractivity contribution in [3.8, 4) is 11.4 Å². The number of nitro benzene ring substituents is 1. The van der Waals surface area contributed by atoms with Crippen LogP contribution in [0.5, 0.6) is 5.75 Å². The Kier molecular flexibility index (Phi) is 7.38. The van der Waals surface area contributed by atoms with Crippen molar-refractivity contribution in [3.63, 3.8) is 0 Å². The van der Waals surface area contributed by atoms with E-state index in [4.69, 9.17) is 9.47 Å². The normalized spacial score (nSPS) is 11.3. The van der Waals surface area contributed by atoms with Crippen LogP contribution >= 0.6 is 0 Å². The van der Waals surface area contributed by atoms with Crippen molar-refractivity contribution in [2.45, 2.75) is 32.9 Å². The first kappa shape index (κ1) is 24.6. The predicted molar refractivity (Wildman–Crippen MR) is 100 cm³/mol. The number of halogens is 4. The van der Waals surface area contributed by atoms with Crippen molar-refractivity contribution in [2.75, 3.05) is 13.2 Å². The van der Waals surface area contributed by atoms with Gasteiger partial charge in [-0.2, -0.15) is 13.2 Å². The first-order valence-corrected chi connectivity index (χ1v) is 9.08. The first-order valence-electron chi connectivity index (χ1n) is 9.08. The van der Waals surface area contributed by atoms with Crippen molar-refractivity contribution in [1.82, 2.24) is 9.55 Å². The number of nitrogens with zero attached hydrogens (tertiary/aromatic N) is 2. The molecule has 10 nitrogen and oxygen atoms in total. The average molecular weight is 463 g/mol. The number of unbranched alkanes of at least 4 members (excludes halogenated alkanes) is 1. The topological polar surface area (TPSA) is 134 Å². The molecule has 1 N–H and O–H groups in total. The fourth-order valence-electron chi connectivity index (χ4n) is 2.58. The monoisotopic (exact) mass is 463 g/mol. The molecule has 32 heavy (non-hydrogen) atoms. The molecule has 0 radical (unpaired) electrons. The van der Waals surface area contributed by atoms with E-state index in [2.05, 4.69) is 0 Å². The van der Waals surface area contributed by atoms with Gasteiger partial charge in [0.15, 0.2) is 18.2 Å². The molecule has 1 heterocycles. The van der Waals surface area contributed by atoms with E-state index in [1.165, 1.54) is 4.98 Å². The lowest BCUT2D eigenvalue weighted by Gasteiger charge is -2.14. The zero-order valence-electron chi connectivity index (χ0n) is 16.7. The number of nitrogens with one attached hydrogen (secondary N) is 1. The summed E-state index contributed by atoms with van der Waals surface area (Å²) >= 11 is 0. The van der Waals surface area contributed by atoms with Gasteiger partial charge in [0.05, 0.1) is 17.6 Å². The average Bonchev–Trinajstić information content (AvgIpc) is 2.70. The summed E-state index contributed by atoms with van der Waals surface area (Å²) in [7, 11) is 0. The quantitative estimate of drug-likeness (QED) is 0.209. The molecule has 2 aromatic rings. The molecule has 1 aromatic heterocycles. The Hall–Kier alpha value is -3.71. The number of ether oxygens (including phenoxy) is 2. The molecule has 174 valence electrons. The Morgan fingerprint density at radius 2 is 1.94 bits per heavy atom. The highest BCUT2D eigenvalue weighted by Gasteiger charge is 2.36. The zero-order valence-corrected chi connectivity index (χ0v) is 16.7. The largest absolute Gasteiger partial charge is 0.478 e. The third-order valence-corrected chi connectivity index (χ3v) is 4.18. The minimum Gasteiger partial charge on any atom is -0.478 e. The number of benzene rings is 1. The molecule has 1 aromatic carbocycles. The van der Waals surface area contributed by atoms with E-state index in [-0.39, 0.29) is 11.2 Å². The Morgan fingerprint density at radius 3 is 2.50 bits per heavy atom. The summed E-state index contributed by atoms with van der Waals surface area (Å²) < 4.78 is 63.6. The summed E-state index contributed by atoms with van der Waals surface area (Å²) in [6.07, 6.45) is -3.79. The molecule has 0 aliphatic carbocycles.